The highest BCUT2D eigenvalue weighted by Gasteiger charge is 1.99. The lowest BCUT2D eigenvalue weighted by Gasteiger charge is -2.02. The Hall–Kier alpha value is -1.87. The molecule has 1 aromatic heterocycles. The van der Waals surface area contributed by atoms with E-state index in [4.69, 9.17) is 0 Å². The summed E-state index contributed by atoms with van der Waals surface area (Å²) in [7, 11) is 0. The second-order valence-corrected chi connectivity index (χ2v) is 5.11. The molecule has 0 spiro atoms. The molecule has 0 aliphatic carbocycles. The van der Waals surface area contributed by atoms with E-state index in [1.807, 2.05) is 55.6 Å². The maximum absolute atomic E-state index is 11.7. The highest BCUT2D eigenvalue weighted by molar-refractivity contribution is 7.11. The zero-order valence-electron chi connectivity index (χ0n) is 10.4. The number of hydrogen-bond acceptors (Lipinski definition) is 2. The molecule has 1 aromatic carbocycles. The van der Waals surface area contributed by atoms with Crippen LogP contribution in [0, 0.1) is 13.8 Å². The van der Waals surface area contributed by atoms with Crippen molar-refractivity contribution in [3.8, 4) is 0 Å². The van der Waals surface area contributed by atoms with Gasteiger partial charge in [0.05, 0.1) is 0 Å². The molecule has 18 heavy (non-hydrogen) atoms. The van der Waals surface area contributed by atoms with Crippen molar-refractivity contribution in [1.82, 2.24) is 0 Å². The largest absolute Gasteiger partial charge is 0.323 e. The van der Waals surface area contributed by atoms with Crippen LogP contribution in [0.1, 0.15) is 16.0 Å². The van der Waals surface area contributed by atoms with Crippen molar-refractivity contribution in [2.75, 3.05) is 5.32 Å². The predicted molar refractivity (Wildman–Crippen MR) is 77.9 cm³/mol. The lowest BCUT2D eigenvalue weighted by Crippen LogP contribution is -2.07. The molecule has 0 aliphatic heterocycles. The minimum atomic E-state index is -0.103. The van der Waals surface area contributed by atoms with Gasteiger partial charge in [-0.25, -0.2) is 0 Å². The molecule has 2 nitrogen and oxygen atoms in total. The van der Waals surface area contributed by atoms with Gasteiger partial charge in [-0.1, -0.05) is 12.1 Å². The molecule has 0 radical (unpaired) electrons. The Bertz CT molecular complexity index is 584. The minimum absolute atomic E-state index is 0.103. The molecule has 1 amide bonds. The molecule has 2 aromatic rings. The van der Waals surface area contributed by atoms with E-state index in [1.165, 1.54) is 5.56 Å². The van der Waals surface area contributed by atoms with Crippen LogP contribution in [-0.4, -0.2) is 5.91 Å². The number of rotatable bonds is 3. The number of carbonyl (C=O) groups excluding carboxylic acids is 1. The van der Waals surface area contributed by atoms with Crippen LogP contribution in [0.2, 0.25) is 0 Å². The average molecular weight is 257 g/mol. The fourth-order valence-corrected chi connectivity index (χ4v) is 2.43. The highest BCUT2D eigenvalue weighted by Crippen LogP contribution is 2.17. The normalized spacial score (nSPS) is 10.8. The smallest absolute Gasteiger partial charge is 0.248 e. The Morgan fingerprint density at radius 3 is 2.78 bits per heavy atom. The second kappa shape index (κ2) is 5.65. The molecule has 92 valence electrons. The molecule has 0 aliphatic rings. The van der Waals surface area contributed by atoms with Gasteiger partial charge in [0.15, 0.2) is 0 Å². The minimum Gasteiger partial charge on any atom is -0.323 e. The van der Waals surface area contributed by atoms with Crippen molar-refractivity contribution >= 4 is 29.0 Å². The predicted octanol–water partition coefficient (Wildman–Crippen LogP) is 4.02. The van der Waals surface area contributed by atoms with Crippen LogP contribution >= 0.6 is 11.3 Å². The van der Waals surface area contributed by atoms with E-state index in [-0.39, 0.29) is 5.91 Å². The molecule has 0 bridgehead atoms. The van der Waals surface area contributed by atoms with Gasteiger partial charge in [-0.2, -0.15) is 0 Å². The maximum atomic E-state index is 11.7. The van der Waals surface area contributed by atoms with Gasteiger partial charge >= 0.3 is 0 Å². The fraction of sp³-hybridized carbons (Fsp3) is 0.133. The van der Waals surface area contributed by atoms with E-state index in [1.54, 1.807) is 17.4 Å². The van der Waals surface area contributed by atoms with Crippen molar-refractivity contribution in [2.45, 2.75) is 13.8 Å². The molecule has 1 N–H and O–H groups in total. The number of benzene rings is 1. The standard InChI is InChI=1S/C15H15NOS/c1-11-4-3-5-13(10-11)16-15(17)7-6-14-12(2)8-9-18-14/h3-10H,1-2H3,(H,16,17)/b7-6+. The first-order valence-corrected chi connectivity index (χ1v) is 6.63. The molecule has 0 unspecified atom stereocenters. The van der Waals surface area contributed by atoms with E-state index in [0.29, 0.717) is 0 Å². The lowest BCUT2D eigenvalue weighted by molar-refractivity contribution is -0.111. The Morgan fingerprint density at radius 2 is 2.11 bits per heavy atom. The fourth-order valence-electron chi connectivity index (χ4n) is 1.61. The number of anilines is 1. The Balaban J connectivity index is 2.01. The first kappa shape index (κ1) is 12.6. The third kappa shape index (κ3) is 3.31. The summed E-state index contributed by atoms with van der Waals surface area (Å²) in [5, 5.41) is 4.86. The SMILES string of the molecule is Cc1cccc(NC(=O)/C=C/c2sccc2C)c1. The van der Waals surface area contributed by atoms with E-state index in [9.17, 15) is 4.79 Å². The molecule has 1 heterocycles. The van der Waals surface area contributed by atoms with Gasteiger partial charge in [0.2, 0.25) is 5.91 Å². The van der Waals surface area contributed by atoms with Crippen LogP contribution < -0.4 is 5.32 Å². The summed E-state index contributed by atoms with van der Waals surface area (Å²) < 4.78 is 0. The zero-order valence-corrected chi connectivity index (χ0v) is 11.3. The third-order valence-electron chi connectivity index (χ3n) is 2.57. The summed E-state index contributed by atoms with van der Waals surface area (Å²) in [6.07, 6.45) is 3.42. The summed E-state index contributed by atoms with van der Waals surface area (Å²) in [5.74, 6) is -0.103. The number of amides is 1. The van der Waals surface area contributed by atoms with Gasteiger partial charge in [0.1, 0.15) is 0 Å². The highest BCUT2D eigenvalue weighted by atomic mass is 32.1. The van der Waals surface area contributed by atoms with Crippen LogP contribution in [0.15, 0.2) is 41.8 Å². The quantitative estimate of drug-likeness (QED) is 0.827. The lowest BCUT2D eigenvalue weighted by atomic mass is 10.2. The van der Waals surface area contributed by atoms with Gasteiger partial charge in [-0.05, 0) is 54.6 Å². The molecule has 0 saturated carbocycles. The molecule has 0 saturated heterocycles. The van der Waals surface area contributed by atoms with Crippen molar-refractivity contribution in [3.05, 3.63) is 57.8 Å². The molecule has 0 fully saturated rings. The number of thiophene rings is 1. The summed E-state index contributed by atoms with van der Waals surface area (Å²) >= 11 is 1.63. The van der Waals surface area contributed by atoms with Crippen LogP contribution in [0.5, 0.6) is 0 Å². The first-order valence-electron chi connectivity index (χ1n) is 5.75. The van der Waals surface area contributed by atoms with Gasteiger partial charge in [-0.3, -0.25) is 4.79 Å². The molecular weight excluding hydrogens is 242 g/mol. The topological polar surface area (TPSA) is 29.1 Å². The van der Waals surface area contributed by atoms with Crippen LogP contribution in [-0.2, 0) is 4.79 Å². The first-order chi connectivity index (χ1) is 8.65. The molecule has 2 rings (SSSR count). The van der Waals surface area contributed by atoms with Crippen LogP contribution in [0.3, 0.4) is 0 Å². The Labute approximate surface area is 111 Å². The van der Waals surface area contributed by atoms with E-state index in [0.717, 1.165) is 16.1 Å². The van der Waals surface area contributed by atoms with Crippen molar-refractivity contribution in [1.29, 1.82) is 0 Å². The maximum Gasteiger partial charge on any atom is 0.248 e. The summed E-state index contributed by atoms with van der Waals surface area (Å²) in [6.45, 7) is 4.04. The van der Waals surface area contributed by atoms with E-state index in [2.05, 4.69) is 5.32 Å². The average Bonchev–Trinajstić information content (AvgIpc) is 2.72. The summed E-state index contributed by atoms with van der Waals surface area (Å²) in [4.78, 5) is 12.9. The van der Waals surface area contributed by atoms with E-state index >= 15 is 0 Å². The van der Waals surface area contributed by atoms with Crippen LogP contribution in [0.25, 0.3) is 6.08 Å². The van der Waals surface area contributed by atoms with Crippen molar-refractivity contribution in [3.63, 3.8) is 0 Å². The second-order valence-electron chi connectivity index (χ2n) is 4.16. The van der Waals surface area contributed by atoms with Gasteiger partial charge < -0.3 is 5.32 Å². The Morgan fingerprint density at radius 1 is 1.28 bits per heavy atom. The molecule has 3 heteroatoms. The number of nitrogens with one attached hydrogen (secondary N) is 1. The number of aryl methyl sites for hydroxylation is 2. The van der Waals surface area contributed by atoms with Gasteiger partial charge in [0, 0.05) is 16.6 Å². The number of hydrogen-bond donors (Lipinski definition) is 1. The van der Waals surface area contributed by atoms with Crippen molar-refractivity contribution in [2.24, 2.45) is 0 Å². The van der Waals surface area contributed by atoms with Gasteiger partial charge in [-0.15, -0.1) is 11.3 Å². The molecule has 0 atom stereocenters. The molecular formula is C15H15NOS. The summed E-state index contributed by atoms with van der Waals surface area (Å²) in [5.41, 5.74) is 3.15. The number of carbonyl (C=O) groups is 1. The van der Waals surface area contributed by atoms with E-state index < -0.39 is 0 Å². The zero-order chi connectivity index (χ0) is 13.0. The summed E-state index contributed by atoms with van der Waals surface area (Å²) in [6, 6.07) is 9.80. The third-order valence-corrected chi connectivity index (χ3v) is 3.56. The Kier molecular flexibility index (Phi) is 3.95. The van der Waals surface area contributed by atoms with Gasteiger partial charge in [0.25, 0.3) is 0 Å². The van der Waals surface area contributed by atoms with Crippen molar-refractivity contribution < 1.29 is 4.79 Å². The van der Waals surface area contributed by atoms with Crippen LogP contribution in [0.4, 0.5) is 5.69 Å². The monoisotopic (exact) mass is 257 g/mol.